The smallest absolute Gasteiger partial charge is 0.291 e. The van der Waals surface area contributed by atoms with E-state index in [-0.39, 0.29) is 11.7 Å². The van der Waals surface area contributed by atoms with Gasteiger partial charge in [-0.1, -0.05) is 0 Å². The topological polar surface area (TPSA) is 96.7 Å². The van der Waals surface area contributed by atoms with E-state index in [0.29, 0.717) is 18.9 Å². The third-order valence-corrected chi connectivity index (χ3v) is 1.23. The van der Waals surface area contributed by atoms with Crippen molar-refractivity contribution in [3.63, 3.8) is 0 Å². The van der Waals surface area contributed by atoms with Gasteiger partial charge < -0.3 is 11.1 Å². The van der Waals surface area contributed by atoms with Gasteiger partial charge in [0.25, 0.3) is 5.91 Å². The molecule has 0 saturated heterocycles. The molecule has 0 atom stereocenters. The molecule has 0 aromatic carbocycles. The molecule has 6 nitrogen and oxygen atoms in total. The normalized spacial score (nSPS) is 9.83. The molecular weight excluding hydrogens is 158 g/mol. The molecule has 0 aliphatic heterocycles. The summed E-state index contributed by atoms with van der Waals surface area (Å²) in [6, 6.07) is 0. The molecule has 12 heavy (non-hydrogen) atoms. The molecule has 0 fully saturated rings. The van der Waals surface area contributed by atoms with Crippen LogP contribution < -0.4 is 11.1 Å². The Bertz CT molecular complexity index is 269. The van der Waals surface area contributed by atoms with Gasteiger partial charge in [-0.3, -0.25) is 9.89 Å². The third-order valence-electron chi connectivity index (χ3n) is 1.23. The van der Waals surface area contributed by atoms with E-state index < -0.39 is 0 Å². The van der Waals surface area contributed by atoms with Crippen LogP contribution in [0.5, 0.6) is 0 Å². The molecule has 0 bridgehead atoms. The van der Waals surface area contributed by atoms with E-state index in [9.17, 15) is 4.79 Å². The summed E-state index contributed by atoms with van der Waals surface area (Å²) >= 11 is 0. The molecule has 1 amide bonds. The van der Waals surface area contributed by atoms with E-state index in [1.54, 1.807) is 6.92 Å². The van der Waals surface area contributed by atoms with Crippen molar-refractivity contribution in [2.24, 2.45) is 5.73 Å². The zero-order valence-corrected chi connectivity index (χ0v) is 6.79. The van der Waals surface area contributed by atoms with Crippen LogP contribution in [-0.2, 0) is 0 Å². The first-order valence-electron chi connectivity index (χ1n) is 3.61. The fourth-order valence-electron chi connectivity index (χ4n) is 0.709. The second-order valence-electron chi connectivity index (χ2n) is 2.29. The SMILES string of the molecule is Cc1nc(C(=O)NCCN)n[nH]1. The lowest BCUT2D eigenvalue weighted by Gasteiger charge is -1.97. The summed E-state index contributed by atoms with van der Waals surface area (Å²) in [7, 11) is 0. The first-order chi connectivity index (χ1) is 5.74. The van der Waals surface area contributed by atoms with E-state index in [0.717, 1.165) is 0 Å². The predicted octanol–water partition coefficient (Wildman–Crippen LogP) is -1.20. The monoisotopic (exact) mass is 169 g/mol. The molecule has 0 radical (unpaired) electrons. The number of amides is 1. The molecule has 66 valence electrons. The van der Waals surface area contributed by atoms with Crippen LogP contribution in [0.2, 0.25) is 0 Å². The minimum Gasteiger partial charge on any atom is -0.348 e. The first-order valence-corrected chi connectivity index (χ1v) is 3.61. The molecule has 6 heteroatoms. The van der Waals surface area contributed by atoms with Gasteiger partial charge in [-0.05, 0) is 6.92 Å². The Morgan fingerprint density at radius 1 is 1.75 bits per heavy atom. The Morgan fingerprint density at radius 3 is 3.00 bits per heavy atom. The number of nitrogens with zero attached hydrogens (tertiary/aromatic N) is 2. The maximum Gasteiger partial charge on any atom is 0.291 e. The standard InChI is InChI=1S/C6H11N5O/c1-4-9-5(11-10-4)6(12)8-3-2-7/h2-3,7H2,1H3,(H,8,12)(H,9,10,11). The van der Waals surface area contributed by atoms with Crippen LogP contribution >= 0.6 is 0 Å². The quantitative estimate of drug-likeness (QED) is 0.529. The number of hydrogen-bond acceptors (Lipinski definition) is 4. The Labute approximate surface area is 69.6 Å². The van der Waals surface area contributed by atoms with Crippen LogP contribution in [-0.4, -0.2) is 34.2 Å². The third kappa shape index (κ3) is 2.03. The largest absolute Gasteiger partial charge is 0.348 e. The van der Waals surface area contributed by atoms with Gasteiger partial charge in [0.15, 0.2) is 0 Å². The van der Waals surface area contributed by atoms with E-state index in [2.05, 4.69) is 20.5 Å². The number of hydrogen-bond donors (Lipinski definition) is 3. The average molecular weight is 169 g/mol. The molecule has 0 aliphatic carbocycles. The van der Waals surface area contributed by atoms with E-state index >= 15 is 0 Å². The zero-order chi connectivity index (χ0) is 8.97. The van der Waals surface area contributed by atoms with E-state index in [1.807, 2.05) is 0 Å². The molecule has 0 spiro atoms. The Balaban J connectivity index is 2.53. The lowest BCUT2D eigenvalue weighted by Crippen LogP contribution is -2.29. The molecule has 1 heterocycles. The van der Waals surface area contributed by atoms with E-state index in [4.69, 9.17) is 5.73 Å². The number of carbonyl (C=O) groups excluding carboxylic acids is 1. The molecule has 0 unspecified atom stereocenters. The highest BCUT2D eigenvalue weighted by molar-refractivity contribution is 5.90. The number of H-pyrrole nitrogens is 1. The fourth-order valence-corrected chi connectivity index (χ4v) is 0.709. The summed E-state index contributed by atoms with van der Waals surface area (Å²) in [5, 5.41) is 8.81. The van der Waals surface area contributed by atoms with Gasteiger partial charge in [0, 0.05) is 13.1 Å². The molecule has 4 N–H and O–H groups in total. The lowest BCUT2D eigenvalue weighted by atomic mass is 10.5. The van der Waals surface area contributed by atoms with Gasteiger partial charge in [0.1, 0.15) is 5.82 Å². The van der Waals surface area contributed by atoms with Crippen molar-refractivity contribution in [3.8, 4) is 0 Å². The zero-order valence-electron chi connectivity index (χ0n) is 6.79. The van der Waals surface area contributed by atoms with Crippen LogP contribution in [0.3, 0.4) is 0 Å². The Kier molecular flexibility index (Phi) is 2.76. The number of aromatic nitrogens is 3. The highest BCUT2D eigenvalue weighted by Gasteiger charge is 2.08. The van der Waals surface area contributed by atoms with Gasteiger partial charge in [0.05, 0.1) is 0 Å². The summed E-state index contributed by atoms with van der Waals surface area (Å²) in [6.07, 6.45) is 0. The van der Waals surface area contributed by atoms with Crippen molar-refractivity contribution >= 4 is 5.91 Å². The minimum atomic E-state index is -0.301. The van der Waals surface area contributed by atoms with Crippen LogP contribution in [0.15, 0.2) is 0 Å². The summed E-state index contributed by atoms with van der Waals surface area (Å²) in [5.41, 5.74) is 5.20. The second kappa shape index (κ2) is 3.82. The molecule has 1 rings (SSSR count). The maximum atomic E-state index is 11.1. The van der Waals surface area contributed by atoms with Gasteiger partial charge in [-0.15, -0.1) is 5.10 Å². The number of aryl methyl sites for hydroxylation is 1. The highest BCUT2D eigenvalue weighted by atomic mass is 16.2. The van der Waals surface area contributed by atoms with Crippen LogP contribution in [0.1, 0.15) is 16.4 Å². The van der Waals surface area contributed by atoms with Crippen molar-refractivity contribution in [1.82, 2.24) is 20.5 Å². The fraction of sp³-hybridized carbons (Fsp3) is 0.500. The molecule has 0 aliphatic rings. The number of rotatable bonds is 3. The summed E-state index contributed by atoms with van der Waals surface area (Å²) in [6.45, 7) is 2.58. The van der Waals surface area contributed by atoms with Crippen molar-refractivity contribution < 1.29 is 4.79 Å². The van der Waals surface area contributed by atoms with Gasteiger partial charge >= 0.3 is 0 Å². The van der Waals surface area contributed by atoms with Crippen molar-refractivity contribution in [2.45, 2.75) is 6.92 Å². The predicted molar refractivity (Wildman–Crippen MR) is 42.5 cm³/mol. The first kappa shape index (κ1) is 8.66. The lowest BCUT2D eigenvalue weighted by molar-refractivity contribution is 0.0945. The minimum absolute atomic E-state index is 0.154. The number of nitrogens with two attached hydrogens (primary N) is 1. The van der Waals surface area contributed by atoms with Crippen molar-refractivity contribution in [2.75, 3.05) is 13.1 Å². The van der Waals surface area contributed by atoms with Crippen molar-refractivity contribution in [1.29, 1.82) is 0 Å². The molecular formula is C6H11N5O. The molecule has 1 aromatic heterocycles. The van der Waals surface area contributed by atoms with Crippen LogP contribution in [0, 0.1) is 6.92 Å². The Hall–Kier alpha value is -1.43. The maximum absolute atomic E-state index is 11.1. The van der Waals surface area contributed by atoms with Gasteiger partial charge in [-0.25, -0.2) is 4.98 Å². The summed E-state index contributed by atoms with van der Waals surface area (Å²) < 4.78 is 0. The molecule has 0 saturated carbocycles. The van der Waals surface area contributed by atoms with Gasteiger partial charge in [0.2, 0.25) is 5.82 Å². The van der Waals surface area contributed by atoms with Gasteiger partial charge in [-0.2, -0.15) is 0 Å². The molecule has 1 aromatic rings. The van der Waals surface area contributed by atoms with E-state index in [1.165, 1.54) is 0 Å². The van der Waals surface area contributed by atoms with Crippen molar-refractivity contribution in [3.05, 3.63) is 11.6 Å². The number of nitrogens with one attached hydrogen (secondary N) is 2. The number of aromatic amines is 1. The Morgan fingerprint density at radius 2 is 2.50 bits per heavy atom. The van der Waals surface area contributed by atoms with Crippen LogP contribution in [0.4, 0.5) is 0 Å². The van der Waals surface area contributed by atoms with Crippen LogP contribution in [0.25, 0.3) is 0 Å². The average Bonchev–Trinajstić information content (AvgIpc) is 2.47. The second-order valence-corrected chi connectivity index (χ2v) is 2.29. The number of carbonyl (C=O) groups is 1. The summed E-state index contributed by atoms with van der Waals surface area (Å²) in [5.74, 6) is 0.471. The highest BCUT2D eigenvalue weighted by Crippen LogP contribution is 1.89. The summed E-state index contributed by atoms with van der Waals surface area (Å²) in [4.78, 5) is 14.9.